The fourth-order valence-corrected chi connectivity index (χ4v) is 2.32. The van der Waals surface area contributed by atoms with Crippen LogP contribution in [0.5, 0.6) is 17.2 Å². The van der Waals surface area contributed by atoms with E-state index in [0.29, 0.717) is 17.2 Å². The lowest BCUT2D eigenvalue weighted by atomic mass is 10.1. The number of methoxy groups -OCH3 is 2. The predicted molar refractivity (Wildman–Crippen MR) is 99.5 cm³/mol. The van der Waals surface area contributed by atoms with Gasteiger partial charge in [0.25, 0.3) is 5.91 Å². The Balaban J connectivity index is 1.91. The van der Waals surface area contributed by atoms with Crippen LogP contribution in [0.3, 0.4) is 0 Å². The first-order valence-corrected chi connectivity index (χ1v) is 8.26. The lowest BCUT2D eigenvalue weighted by molar-refractivity contribution is -0.123. The maximum Gasteiger partial charge on any atom is 0.277 e. The summed E-state index contributed by atoms with van der Waals surface area (Å²) in [6.45, 7) is 1.64. The molecule has 2 aromatic rings. The minimum absolute atomic E-state index is 0.169. The summed E-state index contributed by atoms with van der Waals surface area (Å²) in [4.78, 5) is 11.9. The van der Waals surface area contributed by atoms with Gasteiger partial charge in [-0.3, -0.25) is 4.79 Å². The molecule has 0 atom stereocenters. The van der Waals surface area contributed by atoms with Crippen molar-refractivity contribution < 1.29 is 19.0 Å². The van der Waals surface area contributed by atoms with Gasteiger partial charge in [0.2, 0.25) is 0 Å². The molecule has 6 nitrogen and oxygen atoms in total. The smallest absolute Gasteiger partial charge is 0.277 e. The minimum Gasteiger partial charge on any atom is -0.497 e. The molecule has 0 aromatic heterocycles. The minimum atomic E-state index is -0.363. The van der Waals surface area contributed by atoms with Gasteiger partial charge in [0.05, 0.1) is 19.9 Å². The Morgan fingerprint density at radius 3 is 2.44 bits per heavy atom. The summed E-state index contributed by atoms with van der Waals surface area (Å²) in [6, 6.07) is 12.7. The van der Waals surface area contributed by atoms with Crippen molar-refractivity contribution in [1.82, 2.24) is 5.43 Å². The van der Waals surface area contributed by atoms with Gasteiger partial charge in [-0.25, -0.2) is 5.43 Å². The summed E-state index contributed by atoms with van der Waals surface area (Å²) in [5, 5.41) is 4.08. The van der Waals surface area contributed by atoms with Crippen molar-refractivity contribution in [2.45, 2.75) is 6.92 Å². The van der Waals surface area contributed by atoms with Gasteiger partial charge in [-0.2, -0.15) is 5.10 Å². The van der Waals surface area contributed by atoms with Crippen LogP contribution in [0.1, 0.15) is 12.5 Å². The average Bonchev–Trinajstić information content (AvgIpc) is 2.64. The van der Waals surface area contributed by atoms with Crippen molar-refractivity contribution in [3.8, 4) is 17.2 Å². The molecule has 0 saturated heterocycles. The molecular formula is C18H19BrN2O4. The molecule has 7 heteroatoms. The number of benzene rings is 2. The van der Waals surface area contributed by atoms with Crippen molar-refractivity contribution in [1.29, 1.82) is 0 Å². The first kappa shape index (κ1) is 18.8. The number of hydrazone groups is 1. The largest absolute Gasteiger partial charge is 0.497 e. The number of amides is 1. The molecule has 0 bridgehead atoms. The molecule has 0 radical (unpaired) electrons. The van der Waals surface area contributed by atoms with Crippen molar-refractivity contribution in [2.75, 3.05) is 20.8 Å². The van der Waals surface area contributed by atoms with E-state index in [1.165, 1.54) is 7.11 Å². The molecule has 0 aliphatic rings. The Kier molecular flexibility index (Phi) is 6.82. The number of ether oxygens (including phenoxy) is 3. The Hall–Kier alpha value is -2.54. The highest BCUT2D eigenvalue weighted by Gasteiger charge is 2.08. The summed E-state index contributed by atoms with van der Waals surface area (Å²) in [6.07, 6.45) is 0. The van der Waals surface area contributed by atoms with E-state index in [4.69, 9.17) is 14.2 Å². The van der Waals surface area contributed by atoms with E-state index in [1.807, 2.05) is 30.3 Å². The van der Waals surface area contributed by atoms with Crippen molar-refractivity contribution in [2.24, 2.45) is 5.10 Å². The van der Waals surface area contributed by atoms with Gasteiger partial charge < -0.3 is 14.2 Å². The van der Waals surface area contributed by atoms with Crippen LogP contribution in [-0.4, -0.2) is 32.4 Å². The zero-order valence-corrected chi connectivity index (χ0v) is 15.8. The standard InChI is InChI=1S/C18H19BrN2O4/c1-12(13-4-7-15(23-2)8-5-13)20-21-18(22)11-25-16-9-6-14(19)10-17(16)24-3/h4-10H,11H2,1-3H3,(H,21,22)/b20-12+. The number of rotatable bonds is 7. The van der Waals surface area contributed by atoms with Gasteiger partial charge in [-0.15, -0.1) is 0 Å². The van der Waals surface area contributed by atoms with E-state index < -0.39 is 0 Å². The summed E-state index contributed by atoms with van der Waals surface area (Å²) < 4.78 is 16.6. The number of hydrogen-bond donors (Lipinski definition) is 1. The molecule has 0 spiro atoms. The van der Waals surface area contributed by atoms with Gasteiger partial charge in [0, 0.05) is 4.47 Å². The summed E-state index contributed by atoms with van der Waals surface area (Å²) in [5.41, 5.74) is 4.04. The number of nitrogens with one attached hydrogen (secondary N) is 1. The average molecular weight is 407 g/mol. The molecule has 132 valence electrons. The van der Waals surface area contributed by atoms with Crippen LogP contribution in [-0.2, 0) is 4.79 Å². The number of carbonyl (C=O) groups excluding carboxylic acids is 1. The molecule has 0 fully saturated rings. The van der Waals surface area contributed by atoms with Crippen LogP contribution in [0.2, 0.25) is 0 Å². The summed E-state index contributed by atoms with van der Waals surface area (Å²) in [5.74, 6) is 1.42. The highest BCUT2D eigenvalue weighted by molar-refractivity contribution is 9.10. The third kappa shape index (κ3) is 5.49. The monoisotopic (exact) mass is 406 g/mol. The molecule has 2 rings (SSSR count). The zero-order chi connectivity index (χ0) is 18.2. The van der Waals surface area contributed by atoms with Crippen LogP contribution in [0.15, 0.2) is 52.0 Å². The van der Waals surface area contributed by atoms with E-state index in [0.717, 1.165) is 15.8 Å². The molecule has 1 N–H and O–H groups in total. The predicted octanol–water partition coefficient (Wildman–Crippen LogP) is 3.39. The lowest BCUT2D eigenvalue weighted by Crippen LogP contribution is -2.25. The highest BCUT2D eigenvalue weighted by Crippen LogP contribution is 2.30. The number of halogens is 1. The van der Waals surface area contributed by atoms with Gasteiger partial charge >= 0.3 is 0 Å². The molecule has 0 heterocycles. The lowest BCUT2D eigenvalue weighted by Gasteiger charge is -2.10. The normalized spacial score (nSPS) is 11.0. The maximum atomic E-state index is 11.9. The van der Waals surface area contributed by atoms with Crippen LogP contribution in [0.4, 0.5) is 0 Å². The second-order valence-electron chi connectivity index (χ2n) is 5.04. The number of carbonyl (C=O) groups is 1. The van der Waals surface area contributed by atoms with Crippen molar-refractivity contribution in [3.63, 3.8) is 0 Å². The van der Waals surface area contributed by atoms with E-state index in [-0.39, 0.29) is 12.5 Å². The van der Waals surface area contributed by atoms with Crippen LogP contribution in [0.25, 0.3) is 0 Å². The van der Waals surface area contributed by atoms with Crippen LogP contribution >= 0.6 is 15.9 Å². The SMILES string of the molecule is COc1ccc(/C(C)=N/NC(=O)COc2ccc(Br)cc2OC)cc1. The van der Waals surface area contributed by atoms with Gasteiger partial charge in [0.1, 0.15) is 5.75 Å². The van der Waals surface area contributed by atoms with E-state index in [2.05, 4.69) is 26.5 Å². The molecule has 1 amide bonds. The first-order valence-electron chi connectivity index (χ1n) is 7.47. The van der Waals surface area contributed by atoms with Gasteiger partial charge in [0.15, 0.2) is 18.1 Å². The third-order valence-corrected chi connectivity index (χ3v) is 3.83. The maximum absolute atomic E-state index is 11.9. The highest BCUT2D eigenvalue weighted by atomic mass is 79.9. The van der Waals surface area contributed by atoms with E-state index >= 15 is 0 Å². The van der Waals surface area contributed by atoms with Crippen LogP contribution < -0.4 is 19.6 Å². The molecular weight excluding hydrogens is 388 g/mol. The topological polar surface area (TPSA) is 69.2 Å². The molecule has 0 aliphatic heterocycles. The molecule has 25 heavy (non-hydrogen) atoms. The molecule has 0 unspecified atom stereocenters. The Bertz CT molecular complexity index is 760. The summed E-state index contributed by atoms with van der Waals surface area (Å²) >= 11 is 3.35. The fraction of sp³-hybridized carbons (Fsp3) is 0.222. The molecule has 0 saturated carbocycles. The Morgan fingerprint density at radius 2 is 1.80 bits per heavy atom. The second-order valence-corrected chi connectivity index (χ2v) is 5.96. The molecule has 2 aromatic carbocycles. The first-order chi connectivity index (χ1) is 12.0. The van der Waals surface area contributed by atoms with Crippen molar-refractivity contribution in [3.05, 3.63) is 52.5 Å². The second kappa shape index (κ2) is 9.08. The van der Waals surface area contributed by atoms with E-state index in [1.54, 1.807) is 26.2 Å². The Morgan fingerprint density at radius 1 is 1.08 bits per heavy atom. The zero-order valence-electron chi connectivity index (χ0n) is 14.2. The summed E-state index contributed by atoms with van der Waals surface area (Å²) in [7, 11) is 3.15. The van der Waals surface area contributed by atoms with Gasteiger partial charge in [-0.05, 0) is 55.0 Å². The van der Waals surface area contributed by atoms with Crippen molar-refractivity contribution >= 4 is 27.5 Å². The number of hydrogen-bond acceptors (Lipinski definition) is 5. The molecule has 0 aliphatic carbocycles. The Labute approximate surface area is 154 Å². The quantitative estimate of drug-likeness (QED) is 0.565. The van der Waals surface area contributed by atoms with E-state index in [9.17, 15) is 4.79 Å². The van der Waals surface area contributed by atoms with Gasteiger partial charge in [-0.1, -0.05) is 15.9 Å². The van der Waals surface area contributed by atoms with Crippen LogP contribution in [0, 0.1) is 0 Å². The number of nitrogens with zero attached hydrogens (tertiary/aromatic N) is 1. The fourth-order valence-electron chi connectivity index (χ4n) is 1.98. The third-order valence-electron chi connectivity index (χ3n) is 3.34.